The average molecular weight is 407 g/mol. The lowest BCUT2D eigenvalue weighted by Gasteiger charge is -2.20. The van der Waals surface area contributed by atoms with Crippen molar-refractivity contribution in [3.63, 3.8) is 0 Å². The second-order valence-electron chi connectivity index (χ2n) is 6.48. The Morgan fingerprint density at radius 3 is 1.82 bits per heavy atom. The van der Waals surface area contributed by atoms with Crippen LogP contribution in [0.5, 0.6) is 11.5 Å². The highest BCUT2D eigenvalue weighted by atomic mass is 32.2. The molecule has 2 aromatic carbocycles. The molecule has 7 nitrogen and oxygen atoms in total. The molecule has 2 atom stereocenters. The molecule has 0 aromatic heterocycles. The normalized spacial score (nSPS) is 13.4. The van der Waals surface area contributed by atoms with Crippen molar-refractivity contribution in [3.05, 3.63) is 59.7 Å². The summed E-state index contributed by atoms with van der Waals surface area (Å²) in [6.07, 6.45) is 1.04. The fourth-order valence-corrected chi connectivity index (χ4v) is 3.52. The minimum absolute atomic E-state index is 0.0279. The highest BCUT2D eigenvalue weighted by molar-refractivity contribution is 7.88. The molecule has 0 saturated carbocycles. The Labute approximate surface area is 166 Å². The van der Waals surface area contributed by atoms with Gasteiger partial charge in [-0.2, -0.15) is 0 Å². The van der Waals surface area contributed by atoms with Gasteiger partial charge in [-0.3, -0.25) is 4.79 Å². The van der Waals surface area contributed by atoms with E-state index in [-0.39, 0.29) is 18.4 Å². The molecule has 0 bridgehead atoms. The van der Waals surface area contributed by atoms with Crippen LogP contribution in [0.25, 0.3) is 0 Å². The van der Waals surface area contributed by atoms with Gasteiger partial charge >= 0.3 is 0 Å². The zero-order chi connectivity index (χ0) is 20.7. The Morgan fingerprint density at radius 1 is 0.929 bits per heavy atom. The van der Waals surface area contributed by atoms with Crippen LogP contribution >= 0.6 is 0 Å². The number of sulfonamides is 1. The number of methoxy groups -OCH3 is 2. The number of benzene rings is 2. The molecule has 0 unspecified atom stereocenters. The van der Waals surface area contributed by atoms with Gasteiger partial charge in [-0.1, -0.05) is 24.3 Å². The minimum atomic E-state index is -3.50. The molecule has 0 radical (unpaired) electrons. The van der Waals surface area contributed by atoms with Gasteiger partial charge in [-0.05, 0) is 42.3 Å². The van der Waals surface area contributed by atoms with Crippen molar-refractivity contribution in [2.45, 2.75) is 25.4 Å². The zero-order valence-electron chi connectivity index (χ0n) is 16.4. The molecule has 2 N–H and O–H groups in total. The van der Waals surface area contributed by atoms with Gasteiger partial charge in [-0.15, -0.1) is 0 Å². The van der Waals surface area contributed by atoms with E-state index in [1.807, 2.05) is 31.2 Å². The van der Waals surface area contributed by atoms with E-state index < -0.39 is 16.1 Å². The largest absolute Gasteiger partial charge is 0.497 e. The molecule has 0 aliphatic carbocycles. The van der Waals surface area contributed by atoms with Crippen molar-refractivity contribution in [1.29, 1.82) is 0 Å². The van der Waals surface area contributed by atoms with Crippen LogP contribution in [-0.2, 0) is 14.8 Å². The third-order valence-electron chi connectivity index (χ3n) is 4.26. The number of rotatable bonds is 9. The molecule has 2 aromatic rings. The molecule has 28 heavy (non-hydrogen) atoms. The lowest BCUT2D eigenvalue weighted by molar-refractivity contribution is -0.122. The summed E-state index contributed by atoms with van der Waals surface area (Å²) in [5.74, 6) is 1.12. The van der Waals surface area contributed by atoms with Crippen LogP contribution in [0.15, 0.2) is 48.5 Å². The lowest BCUT2D eigenvalue weighted by Crippen LogP contribution is -2.34. The number of carbonyl (C=O) groups is 1. The summed E-state index contributed by atoms with van der Waals surface area (Å²) in [4.78, 5) is 12.5. The first-order valence-corrected chi connectivity index (χ1v) is 10.7. The van der Waals surface area contributed by atoms with Crippen molar-refractivity contribution in [1.82, 2.24) is 10.0 Å². The van der Waals surface area contributed by atoms with Crippen molar-refractivity contribution in [3.8, 4) is 11.5 Å². The smallest absolute Gasteiger partial charge is 0.222 e. The van der Waals surface area contributed by atoms with Gasteiger partial charge in [0, 0.05) is 6.42 Å². The maximum atomic E-state index is 12.5. The van der Waals surface area contributed by atoms with E-state index in [2.05, 4.69) is 10.0 Å². The first-order chi connectivity index (χ1) is 13.2. The van der Waals surface area contributed by atoms with Crippen LogP contribution in [0, 0.1) is 0 Å². The Balaban J connectivity index is 2.09. The van der Waals surface area contributed by atoms with Crippen LogP contribution < -0.4 is 19.5 Å². The number of carbonyl (C=O) groups excluding carboxylic acids is 1. The number of nitrogens with one attached hydrogen (secondary N) is 2. The van der Waals surface area contributed by atoms with Gasteiger partial charge < -0.3 is 14.8 Å². The van der Waals surface area contributed by atoms with Crippen LogP contribution in [0.4, 0.5) is 0 Å². The summed E-state index contributed by atoms with van der Waals surface area (Å²) >= 11 is 0. The highest BCUT2D eigenvalue weighted by Gasteiger charge is 2.21. The van der Waals surface area contributed by atoms with E-state index in [9.17, 15) is 13.2 Å². The summed E-state index contributed by atoms with van der Waals surface area (Å²) in [5, 5.41) is 2.90. The molecule has 2 rings (SSSR count). The van der Waals surface area contributed by atoms with Gasteiger partial charge in [-0.25, -0.2) is 13.1 Å². The number of ether oxygens (including phenoxy) is 2. The van der Waals surface area contributed by atoms with E-state index in [1.165, 1.54) is 0 Å². The minimum Gasteiger partial charge on any atom is -0.497 e. The molecule has 152 valence electrons. The van der Waals surface area contributed by atoms with Crippen molar-refractivity contribution in [2.24, 2.45) is 0 Å². The zero-order valence-corrected chi connectivity index (χ0v) is 17.2. The molecule has 0 aliphatic rings. The molecular formula is C20H26N2O5S. The second kappa shape index (κ2) is 9.57. The average Bonchev–Trinajstić information content (AvgIpc) is 2.66. The maximum absolute atomic E-state index is 12.5. The Bertz CT molecular complexity index is 880. The molecule has 0 fully saturated rings. The summed E-state index contributed by atoms with van der Waals surface area (Å²) in [7, 11) is -0.354. The summed E-state index contributed by atoms with van der Waals surface area (Å²) in [6, 6.07) is 13.4. The fraction of sp³-hybridized carbons (Fsp3) is 0.350. The molecule has 0 spiro atoms. The number of hydrogen-bond acceptors (Lipinski definition) is 5. The molecule has 0 aliphatic heterocycles. The van der Waals surface area contributed by atoms with Gasteiger partial charge in [0.25, 0.3) is 0 Å². The summed E-state index contributed by atoms with van der Waals surface area (Å²) in [5.41, 5.74) is 1.60. The number of hydrogen-bond donors (Lipinski definition) is 2. The quantitative estimate of drug-likeness (QED) is 0.668. The van der Waals surface area contributed by atoms with Crippen LogP contribution in [0.2, 0.25) is 0 Å². The van der Waals surface area contributed by atoms with Crippen LogP contribution in [0.1, 0.15) is 36.6 Å². The van der Waals surface area contributed by atoms with E-state index in [0.717, 1.165) is 17.6 Å². The van der Waals surface area contributed by atoms with Crippen LogP contribution in [-0.4, -0.2) is 34.8 Å². The fourth-order valence-electron chi connectivity index (χ4n) is 2.78. The molecule has 0 saturated heterocycles. The lowest BCUT2D eigenvalue weighted by atomic mass is 10.0. The topological polar surface area (TPSA) is 93.7 Å². The monoisotopic (exact) mass is 406 g/mol. The predicted octanol–water partition coefficient (Wildman–Crippen LogP) is 2.56. The van der Waals surface area contributed by atoms with Gasteiger partial charge in [0.15, 0.2) is 0 Å². The Morgan fingerprint density at radius 2 is 1.39 bits per heavy atom. The van der Waals surface area contributed by atoms with E-state index >= 15 is 0 Å². The Hall–Kier alpha value is -2.58. The predicted molar refractivity (Wildman–Crippen MR) is 108 cm³/mol. The molecule has 0 heterocycles. The van der Waals surface area contributed by atoms with Crippen LogP contribution in [0.3, 0.4) is 0 Å². The van der Waals surface area contributed by atoms with Crippen molar-refractivity contribution in [2.75, 3.05) is 20.5 Å². The standard InChI is InChI=1S/C20H26N2O5S/c1-14(15-5-9-17(26-2)10-6-15)21-20(23)13-19(22-28(4,24)25)16-7-11-18(27-3)12-8-16/h5-12,14,19,22H,13H2,1-4H3,(H,21,23)/t14-,19-/m1/s1. The number of amides is 1. The Kier molecular flexibility index (Phi) is 7.42. The maximum Gasteiger partial charge on any atom is 0.222 e. The summed E-state index contributed by atoms with van der Waals surface area (Å²) < 4.78 is 36.3. The molecule has 1 amide bonds. The van der Waals surface area contributed by atoms with E-state index in [4.69, 9.17) is 9.47 Å². The van der Waals surface area contributed by atoms with E-state index in [0.29, 0.717) is 11.3 Å². The second-order valence-corrected chi connectivity index (χ2v) is 8.26. The molecular weight excluding hydrogens is 380 g/mol. The van der Waals surface area contributed by atoms with Gasteiger partial charge in [0.1, 0.15) is 11.5 Å². The molecule has 8 heteroatoms. The highest BCUT2D eigenvalue weighted by Crippen LogP contribution is 2.22. The third kappa shape index (κ3) is 6.54. The summed E-state index contributed by atoms with van der Waals surface area (Å²) in [6.45, 7) is 1.87. The van der Waals surface area contributed by atoms with Gasteiger partial charge in [0.2, 0.25) is 15.9 Å². The first-order valence-electron chi connectivity index (χ1n) is 8.76. The van der Waals surface area contributed by atoms with Crippen molar-refractivity contribution < 1.29 is 22.7 Å². The van der Waals surface area contributed by atoms with E-state index in [1.54, 1.807) is 38.5 Å². The van der Waals surface area contributed by atoms with Crippen molar-refractivity contribution >= 4 is 15.9 Å². The SMILES string of the molecule is COc1ccc([C@@H](C)NC(=O)C[C@@H](NS(C)(=O)=O)c2ccc(OC)cc2)cc1. The first kappa shape index (κ1) is 21.7. The van der Waals surface area contributed by atoms with Gasteiger partial charge in [0.05, 0.1) is 32.6 Å². The third-order valence-corrected chi connectivity index (χ3v) is 4.97.